The van der Waals surface area contributed by atoms with Crippen molar-refractivity contribution in [2.45, 2.75) is 32.1 Å². The van der Waals surface area contributed by atoms with E-state index in [9.17, 15) is 0 Å². The van der Waals surface area contributed by atoms with Crippen LogP contribution in [0.4, 0.5) is 0 Å². The third-order valence-corrected chi connectivity index (χ3v) is 14.2. The average Bonchev–Trinajstić information content (AvgIpc) is 3.89. The number of benzene rings is 9. The minimum absolute atomic E-state index is 0.378. The van der Waals surface area contributed by atoms with Gasteiger partial charge in [0.25, 0.3) is 0 Å². The summed E-state index contributed by atoms with van der Waals surface area (Å²) in [6.07, 6.45) is 5.53. The second kappa shape index (κ2) is 15.1. The average molecular weight is 831 g/mol. The molecule has 308 valence electrons. The second-order valence-electron chi connectivity index (χ2n) is 18.1. The van der Waals surface area contributed by atoms with E-state index < -0.39 is 0 Å². The number of allylic oxidation sites excluding steroid dienone is 1. The topological polar surface area (TPSA) is 9.86 Å². The zero-order valence-electron chi connectivity index (χ0n) is 36.4. The van der Waals surface area contributed by atoms with Gasteiger partial charge >= 0.3 is 0 Å². The fourth-order valence-electron chi connectivity index (χ4n) is 11.1. The van der Waals surface area contributed by atoms with Crippen molar-refractivity contribution in [3.63, 3.8) is 0 Å². The molecular formula is C63H46N2. The Morgan fingerprint density at radius 3 is 1.32 bits per heavy atom. The molecule has 2 nitrogen and oxygen atoms in total. The fourth-order valence-corrected chi connectivity index (χ4v) is 11.1. The van der Waals surface area contributed by atoms with Crippen LogP contribution in [0.3, 0.4) is 0 Å². The molecule has 2 heterocycles. The quantitative estimate of drug-likeness (QED) is 0.158. The van der Waals surface area contributed by atoms with E-state index in [2.05, 4.69) is 234 Å². The Labute approximate surface area is 380 Å². The van der Waals surface area contributed by atoms with Crippen LogP contribution in [0.25, 0.3) is 100 Å². The Balaban J connectivity index is 0.872. The summed E-state index contributed by atoms with van der Waals surface area (Å²) in [5.41, 5.74) is 24.7. The van der Waals surface area contributed by atoms with Gasteiger partial charge in [0, 0.05) is 44.7 Å². The number of hydrogen-bond acceptors (Lipinski definition) is 0. The van der Waals surface area contributed by atoms with E-state index in [0.717, 1.165) is 19.3 Å². The minimum Gasteiger partial charge on any atom is -0.313 e. The van der Waals surface area contributed by atoms with Crippen molar-refractivity contribution in [2.75, 3.05) is 0 Å². The standard InChI is InChI=1S/C63H46N2/c1-41-34-51(43-16-8-3-9-17-43)40-59-58-39-48(28-33-62(58)65(63(41)59)53-20-12-5-13-21-53)45-25-30-55-50(36-45)23-22-49-35-44(24-29-54(49)55)47-27-32-61-57(38-47)56-37-46(42-14-6-2-7-15-42)26-31-60(56)64(61)52-18-10-4-11-19-52/h2-21,24-33,35-41H,22-23,34H2,1H3. The summed E-state index contributed by atoms with van der Waals surface area (Å²) in [6, 6.07) is 78.8. The summed E-state index contributed by atoms with van der Waals surface area (Å²) >= 11 is 0. The lowest BCUT2D eigenvalue weighted by Gasteiger charge is -2.23. The zero-order chi connectivity index (χ0) is 43.0. The maximum absolute atomic E-state index is 2.51. The molecule has 0 amide bonds. The molecule has 0 saturated carbocycles. The molecule has 1 unspecified atom stereocenters. The molecule has 2 aliphatic rings. The van der Waals surface area contributed by atoms with E-state index >= 15 is 0 Å². The van der Waals surface area contributed by atoms with E-state index in [-0.39, 0.29) is 0 Å². The Kier molecular flexibility index (Phi) is 8.74. The van der Waals surface area contributed by atoms with Crippen LogP contribution in [0.2, 0.25) is 0 Å². The number of aromatic nitrogens is 2. The van der Waals surface area contributed by atoms with Crippen molar-refractivity contribution in [3.05, 3.63) is 240 Å². The largest absolute Gasteiger partial charge is 0.313 e. The van der Waals surface area contributed by atoms with Crippen LogP contribution in [0.1, 0.15) is 47.2 Å². The Bertz CT molecular complexity index is 3660. The van der Waals surface area contributed by atoms with Gasteiger partial charge in [-0.15, -0.1) is 0 Å². The van der Waals surface area contributed by atoms with Crippen molar-refractivity contribution in [1.82, 2.24) is 9.13 Å². The number of para-hydroxylation sites is 2. The van der Waals surface area contributed by atoms with Gasteiger partial charge in [0.05, 0.1) is 16.6 Å². The predicted octanol–water partition coefficient (Wildman–Crippen LogP) is 16.5. The molecule has 0 aliphatic heterocycles. The summed E-state index contributed by atoms with van der Waals surface area (Å²) in [5.74, 6) is 0.378. The highest BCUT2D eigenvalue weighted by Crippen LogP contribution is 2.46. The molecule has 2 heteroatoms. The molecule has 13 rings (SSSR count). The number of fused-ring (bicyclic) bond motifs is 9. The zero-order valence-corrected chi connectivity index (χ0v) is 36.4. The van der Waals surface area contributed by atoms with Crippen LogP contribution in [0.15, 0.2) is 212 Å². The van der Waals surface area contributed by atoms with Crippen LogP contribution in [0.5, 0.6) is 0 Å². The van der Waals surface area contributed by atoms with E-state index in [1.54, 1.807) is 0 Å². The van der Waals surface area contributed by atoms with Crippen molar-refractivity contribution in [1.29, 1.82) is 0 Å². The maximum atomic E-state index is 2.51. The molecule has 1 atom stereocenters. The lowest BCUT2D eigenvalue weighted by molar-refractivity contribution is 0.733. The van der Waals surface area contributed by atoms with Gasteiger partial charge in [0.15, 0.2) is 0 Å². The van der Waals surface area contributed by atoms with Crippen molar-refractivity contribution in [3.8, 4) is 55.9 Å². The van der Waals surface area contributed by atoms with Gasteiger partial charge in [-0.2, -0.15) is 0 Å². The molecule has 0 saturated heterocycles. The Morgan fingerprint density at radius 2 is 0.785 bits per heavy atom. The van der Waals surface area contributed by atoms with Crippen LogP contribution in [0, 0.1) is 0 Å². The summed E-state index contributed by atoms with van der Waals surface area (Å²) in [4.78, 5) is 0. The van der Waals surface area contributed by atoms with E-state index in [4.69, 9.17) is 0 Å². The van der Waals surface area contributed by atoms with Gasteiger partial charge in [0.1, 0.15) is 0 Å². The normalized spacial score (nSPS) is 14.3. The molecule has 0 bridgehead atoms. The van der Waals surface area contributed by atoms with Gasteiger partial charge in [-0.05, 0) is 153 Å². The Hall–Kier alpha value is -7.94. The van der Waals surface area contributed by atoms with E-state index in [1.807, 2.05) is 0 Å². The van der Waals surface area contributed by atoms with Crippen molar-refractivity contribution >= 4 is 44.4 Å². The highest BCUT2D eigenvalue weighted by molar-refractivity contribution is 6.12. The number of aryl methyl sites for hydroxylation is 2. The van der Waals surface area contributed by atoms with Gasteiger partial charge in [-0.25, -0.2) is 0 Å². The highest BCUT2D eigenvalue weighted by atomic mass is 15.0. The van der Waals surface area contributed by atoms with Crippen molar-refractivity contribution in [2.24, 2.45) is 0 Å². The summed E-state index contributed by atoms with van der Waals surface area (Å²) in [7, 11) is 0. The smallest absolute Gasteiger partial charge is 0.0541 e. The number of hydrogen-bond donors (Lipinski definition) is 0. The first-order valence-corrected chi connectivity index (χ1v) is 23.1. The molecule has 2 aromatic heterocycles. The van der Waals surface area contributed by atoms with Gasteiger partial charge < -0.3 is 9.13 Å². The van der Waals surface area contributed by atoms with Crippen LogP contribution >= 0.6 is 0 Å². The third kappa shape index (κ3) is 6.24. The number of nitrogens with zero attached hydrogens (tertiary/aromatic N) is 2. The van der Waals surface area contributed by atoms with Gasteiger partial charge in [-0.3, -0.25) is 0 Å². The van der Waals surface area contributed by atoms with Crippen molar-refractivity contribution < 1.29 is 0 Å². The molecular weight excluding hydrogens is 785 g/mol. The van der Waals surface area contributed by atoms with Crippen LogP contribution < -0.4 is 0 Å². The monoisotopic (exact) mass is 830 g/mol. The van der Waals surface area contributed by atoms with E-state index in [1.165, 1.54) is 122 Å². The SMILES string of the molecule is CC1CC(c2ccccc2)=Cc2c1n(-c1ccccc1)c1ccc(-c3ccc4c(c3)CCc3cc(-c5ccc6c(c5)c5cc(-c7ccccc7)ccc5n6-c5ccccc5)ccc3-4)cc21. The first-order chi connectivity index (χ1) is 32.1. The predicted molar refractivity (Wildman–Crippen MR) is 274 cm³/mol. The lowest BCUT2D eigenvalue weighted by atomic mass is 9.82. The molecule has 0 N–H and O–H groups in total. The Morgan fingerprint density at radius 1 is 0.369 bits per heavy atom. The summed E-state index contributed by atoms with van der Waals surface area (Å²) in [5, 5.41) is 3.86. The third-order valence-electron chi connectivity index (χ3n) is 14.2. The molecule has 0 radical (unpaired) electrons. The lowest BCUT2D eigenvalue weighted by Crippen LogP contribution is -2.09. The minimum atomic E-state index is 0.378. The number of rotatable bonds is 6. The molecule has 2 aliphatic carbocycles. The van der Waals surface area contributed by atoms with E-state index in [0.29, 0.717) is 5.92 Å². The highest BCUT2D eigenvalue weighted by Gasteiger charge is 2.27. The van der Waals surface area contributed by atoms with Crippen LogP contribution in [-0.2, 0) is 12.8 Å². The maximum Gasteiger partial charge on any atom is 0.0541 e. The molecule has 9 aromatic carbocycles. The first-order valence-electron chi connectivity index (χ1n) is 23.1. The van der Waals surface area contributed by atoms with Gasteiger partial charge in [0.2, 0.25) is 0 Å². The first kappa shape index (κ1) is 37.6. The molecule has 65 heavy (non-hydrogen) atoms. The van der Waals surface area contributed by atoms with Gasteiger partial charge in [-0.1, -0.05) is 159 Å². The molecule has 0 spiro atoms. The molecule has 0 fully saturated rings. The summed E-state index contributed by atoms with van der Waals surface area (Å²) in [6.45, 7) is 2.39. The van der Waals surface area contributed by atoms with Crippen LogP contribution in [-0.4, -0.2) is 9.13 Å². The summed E-state index contributed by atoms with van der Waals surface area (Å²) < 4.78 is 4.92. The fraction of sp³-hybridized carbons (Fsp3) is 0.0794. The second-order valence-corrected chi connectivity index (χ2v) is 18.1. The molecule has 11 aromatic rings.